The molecular weight excluding hydrogens is 300 g/mol. The molecule has 3 aliphatic rings. The SMILES string of the molecule is CN1CCN(Cc2cnn(C)c2C2CC2)[C@H]2CS(=O)(=O)C[C@H]21. The van der Waals surface area contributed by atoms with Gasteiger partial charge in [0.05, 0.1) is 17.7 Å². The van der Waals surface area contributed by atoms with E-state index in [1.54, 1.807) is 0 Å². The minimum absolute atomic E-state index is 0.135. The molecule has 4 rings (SSSR count). The van der Waals surface area contributed by atoms with Crippen LogP contribution in [0.15, 0.2) is 6.20 Å². The quantitative estimate of drug-likeness (QED) is 0.795. The van der Waals surface area contributed by atoms with Crippen LogP contribution in [0.1, 0.15) is 30.0 Å². The van der Waals surface area contributed by atoms with Crippen molar-refractivity contribution in [1.82, 2.24) is 19.6 Å². The summed E-state index contributed by atoms with van der Waals surface area (Å²) < 4.78 is 26.1. The molecule has 122 valence electrons. The lowest BCUT2D eigenvalue weighted by Crippen LogP contribution is -2.57. The lowest BCUT2D eigenvalue weighted by Gasteiger charge is -2.42. The number of hydrogen-bond donors (Lipinski definition) is 0. The molecule has 0 amide bonds. The highest BCUT2D eigenvalue weighted by molar-refractivity contribution is 7.91. The van der Waals surface area contributed by atoms with E-state index in [0.717, 1.165) is 19.6 Å². The summed E-state index contributed by atoms with van der Waals surface area (Å²) in [4.78, 5) is 4.59. The van der Waals surface area contributed by atoms with Gasteiger partial charge in [-0.05, 0) is 19.9 Å². The van der Waals surface area contributed by atoms with E-state index in [1.165, 1.54) is 24.1 Å². The fourth-order valence-electron chi connectivity index (χ4n) is 4.11. The van der Waals surface area contributed by atoms with E-state index in [1.807, 2.05) is 17.9 Å². The van der Waals surface area contributed by atoms with Crippen molar-refractivity contribution >= 4 is 9.84 Å². The second-order valence-electron chi connectivity index (χ2n) is 7.12. The summed E-state index contributed by atoms with van der Waals surface area (Å²) in [6.07, 6.45) is 4.50. The normalized spacial score (nSPS) is 32.3. The van der Waals surface area contributed by atoms with Gasteiger partial charge in [0, 0.05) is 55.9 Å². The maximum absolute atomic E-state index is 12.1. The van der Waals surface area contributed by atoms with Crippen molar-refractivity contribution in [3.8, 4) is 0 Å². The largest absolute Gasteiger partial charge is 0.300 e. The van der Waals surface area contributed by atoms with Crippen molar-refractivity contribution in [3.05, 3.63) is 17.5 Å². The van der Waals surface area contributed by atoms with Crippen LogP contribution in [-0.4, -0.2) is 71.7 Å². The first kappa shape index (κ1) is 14.7. The van der Waals surface area contributed by atoms with Gasteiger partial charge >= 0.3 is 0 Å². The topological polar surface area (TPSA) is 58.4 Å². The second-order valence-corrected chi connectivity index (χ2v) is 9.27. The van der Waals surface area contributed by atoms with Crippen molar-refractivity contribution in [1.29, 1.82) is 0 Å². The molecule has 2 saturated heterocycles. The van der Waals surface area contributed by atoms with Crippen LogP contribution in [0.3, 0.4) is 0 Å². The van der Waals surface area contributed by atoms with Crippen LogP contribution >= 0.6 is 0 Å². The zero-order valence-electron chi connectivity index (χ0n) is 13.3. The van der Waals surface area contributed by atoms with Gasteiger partial charge in [-0.2, -0.15) is 5.10 Å². The third-order valence-electron chi connectivity index (χ3n) is 5.47. The summed E-state index contributed by atoms with van der Waals surface area (Å²) >= 11 is 0. The van der Waals surface area contributed by atoms with E-state index in [9.17, 15) is 8.42 Å². The number of rotatable bonds is 3. The first-order chi connectivity index (χ1) is 10.4. The predicted molar refractivity (Wildman–Crippen MR) is 84.5 cm³/mol. The number of piperazine rings is 1. The minimum Gasteiger partial charge on any atom is -0.300 e. The fourth-order valence-corrected chi connectivity index (χ4v) is 6.20. The number of likely N-dealkylation sites (N-methyl/N-ethyl adjacent to an activating group) is 1. The van der Waals surface area contributed by atoms with Gasteiger partial charge < -0.3 is 0 Å². The van der Waals surface area contributed by atoms with E-state index in [0.29, 0.717) is 17.4 Å². The van der Waals surface area contributed by atoms with Gasteiger partial charge in [-0.1, -0.05) is 0 Å². The first-order valence-electron chi connectivity index (χ1n) is 8.10. The zero-order chi connectivity index (χ0) is 15.5. The van der Waals surface area contributed by atoms with Gasteiger partial charge in [0.1, 0.15) is 0 Å². The Balaban J connectivity index is 1.58. The number of aromatic nitrogens is 2. The lowest BCUT2D eigenvalue weighted by atomic mass is 10.0. The number of nitrogens with zero attached hydrogens (tertiary/aromatic N) is 4. The smallest absolute Gasteiger partial charge is 0.153 e. The van der Waals surface area contributed by atoms with Crippen LogP contribution in [0.2, 0.25) is 0 Å². The fraction of sp³-hybridized carbons (Fsp3) is 0.800. The number of hydrogen-bond acceptors (Lipinski definition) is 5. The molecule has 0 bridgehead atoms. The molecule has 0 spiro atoms. The summed E-state index contributed by atoms with van der Waals surface area (Å²) in [5.41, 5.74) is 2.65. The van der Waals surface area contributed by atoms with Crippen LogP contribution in [0.4, 0.5) is 0 Å². The van der Waals surface area contributed by atoms with Crippen LogP contribution < -0.4 is 0 Å². The Labute approximate surface area is 132 Å². The third kappa shape index (κ3) is 2.49. The molecule has 1 aromatic rings. The van der Waals surface area contributed by atoms with Crippen molar-refractivity contribution in [2.24, 2.45) is 7.05 Å². The van der Waals surface area contributed by atoms with E-state index in [2.05, 4.69) is 21.9 Å². The van der Waals surface area contributed by atoms with Gasteiger partial charge in [0.25, 0.3) is 0 Å². The minimum atomic E-state index is -2.90. The van der Waals surface area contributed by atoms with E-state index < -0.39 is 9.84 Å². The van der Waals surface area contributed by atoms with E-state index >= 15 is 0 Å². The highest BCUT2D eigenvalue weighted by atomic mass is 32.2. The van der Waals surface area contributed by atoms with E-state index in [4.69, 9.17) is 0 Å². The molecule has 0 aromatic carbocycles. The standard InChI is InChI=1S/C15H24N4O2S/c1-17-5-6-19(14-10-22(20,21)9-13(14)17)8-12-7-16-18(2)15(12)11-3-4-11/h7,11,13-14H,3-6,8-10H2,1-2H3/t13-,14+/m1/s1. The summed E-state index contributed by atoms with van der Waals surface area (Å²) in [7, 11) is 1.17. The molecule has 7 heteroatoms. The maximum atomic E-state index is 12.1. The molecular formula is C15H24N4O2S. The molecule has 6 nitrogen and oxygen atoms in total. The molecule has 1 saturated carbocycles. The molecule has 2 aliphatic heterocycles. The van der Waals surface area contributed by atoms with Gasteiger partial charge in [-0.15, -0.1) is 0 Å². The van der Waals surface area contributed by atoms with Crippen LogP contribution in [0, 0.1) is 0 Å². The number of fused-ring (bicyclic) bond motifs is 1. The van der Waals surface area contributed by atoms with Crippen molar-refractivity contribution in [3.63, 3.8) is 0 Å². The molecule has 2 atom stereocenters. The van der Waals surface area contributed by atoms with E-state index in [-0.39, 0.29) is 12.1 Å². The van der Waals surface area contributed by atoms with Gasteiger partial charge in [-0.25, -0.2) is 8.42 Å². The van der Waals surface area contributed by atoms with Crippen molar-refractivity contribution in [2.45, 2.75) is 37.4 Å². The Morgan fingerprint density at radius 1 is 1.18 bits per heavy atom. The summed E-state index contributed by atoms with van der Waals surface area (Å²) in [6.45, 7) is 2.71. The molecule has 0 N–H and O–H groups in total. The number of sulfone groups is 1. The van der Waals surface area contributed by atoms with Gasteiger partial charge in [0.2, 0.25) is 0 Å². The molecule has 1 aliphatic carbocycles. The summed E-state index contributed by atoms with van der Waals surface area (Å²) in [6, 6.07) is 0.288. The lowest BCUT2D eigenvalue weighted by molar-refractivity contribution is 0.0571. The third-order valence-corrected chi connectivity index (χ3v) is 7.17. The summed E-state index contributed by atoms with van der Waals surface area (Å²) in [5.74, 6) is 1.28. The molecule has 3 fully saturated rings. The predicted octanol–water partition coefficient (Wildman–Crippen LogP) is 0.211. The summed E-state index contributed by atoms with van der Waals surface area (Å²) in [5, 5.41) is 4.43. The average molecular weight is 324 g/mol. The molecule has 1 aromatic heterocycles. The molecule has 22 heavy (non-hydrogen) atoms. The Morgan fingerprint density at radius 2 is 1.91 bits per heavy atom. The van der Waals surface area contributed by atoms with Gasteiger partial charge in [-0.3, -0.25) is 14.5 Å². The monoisotopic (exact) mass is 324 g/mol. The second kappa shape index (κ2) is 5.04. The number of aryl methyl sites for hydroxylation is 1. The maximum Gasteiger partial charge on any atom is 0.153 e. The first-order valence-corrected chi connectivity index (χ1v) is 9.92. The zero-order valence-corrected chi connectivity index (χ0v) is 14.1. The Kier molecular flexibility index (Phi) is 3.36. The van der Waals surface area contributed by atoms with Gasteiger partial charge in [0.15, 0.2) is 9.84 Å². The molecule has 3 heterocycles. The van der Waals surface area contributed by atoms with Crippen molar-refractivity contribution < 1.29 is 8.42 Å². The average Bonchev–Trinajstić information content (AvgIpc) is 3.13. The Bertz CT molecular complexity index is 680. The van der Waals surface area contributed by atoms with Crippen LogP contribution in [0.25, 0.3) is 0 Å². The Hall–Kier alpha value is -0.920. The van der Waals surface area contributed by atoms with Crippen LogP contribution in [0.5, 0.6) is 0 Å². The highest BCUT2D eigenvalue weighted by Gasteiger charge is 2.45. The molecule has 0 unspecified atom stereocenters. The van der Waals surface area contributed by atoms with Crippen molar-refractivity contribution in [2.75, 3.05) is 31.6 Å². The molecule has 0 radical (unpaired) electrons. The van der Waals surface area contributed by atoms with Crippen LogP contribution in [-0.2, 0) is 23.4 Å². The Morgan fingerprint density at radius 3 is 2.64 bits per heavy atom. The highest BCUT2D eigenvalue weighted by Crippen LogP contribution is 2.42.